The van der Waals surface area contributed by atoms with Crippen molar-refractivity contribution in [3.8, 4) is 23.0 Å². The fraction of sp³-hybridized carbons (Fsp3) is 0.0833. The number of methoxy groups -OCH3 is 2. The van der Waals surface area contributed by atoms with Crippen LogP contribution in [0.2, 0.25) is 0 Å². The van der Waals surface area contributed by atoms with Gasteiger partial charge < -0.3 is 18.9 Å². The van der Waals surface area contributed by atoms with Gasteiger partial charge in [0, 0.05) is 21.6 Å². The monoisotopic (exact) mass is 400 g/mol. The fourth-order valence-corrected chi connectivity index (χ4v) is 3.85. The zero-order valence-electron chi connectivity index (χ0n) is 16.2. The maximum atomic E-state index is 12.7. The van der Waals surface area contributed by atoms with E-state index in [1.165, 1.54) is 0 Å². The standard InChI is InChI=1S/C24H16O6/c1-27-17-9-5-3-7-13(17)21-15-11-20-16(12-19(15)29-23(21)25)22(24(26)30-20)14-8-4-6-10-18(14)28-2/h3-12H,1-2H3. The molecule has 2 aliphatic heterocycles. The summed E-state index contributed by atoms with van der Waals surface area (Å²) in [7, 11) is 3.08. The van der Waals surface area contributed by atoms with Gasteiger partial charge in [-0.15, -0.1) is 0 Å². The van der Waals surface area contributed by atoms with E-state index in [2.05, 4.69) is 0 Å². The molecule has 5 rings (SSSR count). The number of rotatable bonds is 4. The van der Waals surface area contributed by atoms with Gasteiger partial charge in [0.1, 0.15) is 23.0 Å². The molecule has 0 aromatic heterocycles. The Hall–Kier alpha value is -4.06. The van der Waals surface area contributed by atoms with Gasteiger partial charge in [0.05, 0.1) is 25.4 Å². The van der Waals surface area contributed by atoms with Crippen molar-refractivity contribution in [1.29, 1.82) is 0 Å². The van der Waals surface area contributed by atoms with E-state index in [-0.39, 0.29) is 0 Å². The Morgan fingerprint density at radius 1 is 0.633 bits per heavy atom. The number of benzene rings is 3. The molecular formula is C24H16O6. The lowest BCUT2D eigenvalue weighted by Crippen LogP contribution is -2.11. The number of carbonyl (C=O) groups is 2. The first-order valence-electron chi connectivity index (χ1n) is 9.26. The fourth-order valence-electron chi connectivity index (χ4n) is 3.85. The molecule has 0 atom stereocenters. The van der Waals surface area contributed by atoms with Crippen LogP contribution < -0.4 is 29.4 Å². The molecule has 2 aliphatic rings. The second-order valence-corrected chi connectivity index (χ2v) is 6.77. The maximum Gasteiger partial charge on any atom is 0.345 e. The van der Waals surface area contributed by atoms with Crippen LogP contribution in [0.15, 0.2) is 60.7 Å². The van der Waals surface area contributed by atoms with Crippen LogP contribution in [-0.2, 0) is 9.59 Å². The van der Waals surface area contributed by atoms with Crippen LogP contribution in [0.3, 0.4) is 0 Å². The number of hydrogen-bond acceptors (Lipinski definition) is 6. The average molecular weight is 400 g/mol. The first kappa shape index (κ1) is 18.0. The third-order valence-electron chi connectivity index (χ3n) is 5.19. The van der Waals surface area contributed by atoms with Crippen molar-refractivity contribution >= 4 is 23.1 Å². The molecule has 0 aliphatic carbocycles. The highest BCUT2D eigenvalue weighted by Gasteiger charge is 2.32. The minimum Gasteiger partial charge on any atom is -0.496 e. The van der Waals surface area contributed by atoms with Gasteiger partial charge in [-0.1, -0.05) is 36.4 Å². The van der Waals surface area contributed by atoms with E-state index in [1.807, 2.05) is 24.3 Å². The Morgan fingerprint density at radius 3 is 1.43 bits per heavy atom. The first-order valence-corrected chi connectivity index (χ1v) is 9.26. The van der Waals surface area contributed by atoms with Crippen LogP contribution in [0.1, 0.15) is 11.1 Å². The van der Waals surface area contributed by atoms with Crippen molar-refractivity contribution in [2.75, 3.05) is 14.2 Å². The number of hydrogen-bond donors (Lipinski definition) is 0. The largest absolute Gasteiger partial charge is 0.496 e. The molecule has 0 N–H and O–H groups in total. The summed E-state index contributed by atoms with van der Waals surface area (Å²) in [5, 5.41) is 1.11. The van der Waals surface area contributed by atoms with E-state index in [0.29, 0.717) is 55.7 Å². The van der Waals surface area contributed by atoms with E-state index in [1.54, 1.807) is 50.6 Å². The maximum absolute atomic E-state index is 12.7. The van der Waals surface area contributed by atoms with Gasteiger partial charge in [0.2, 0.25) is 0 Å². The van der Waals surface area contributed by atoms with Gasteiger partial charge in [-0.05, 0) is 24.3 Å². The molecule has 0 spiro atoms. The van der Waals surface area contributed by atoms with Crippen LogP contribution in [0.4, 0.5) is 0 Å². The van der Waals surface area contributed by atoms with Crippen molar-refractivity contribution < 1.29 is 28.5 Å². The summed E-state index contributed by atoms with van der Waals surface area (Å²) in [4.78, 5) is 25.4. The lowest BCUT2D eigenvalue weighted by atomic mass is 10.0. The van der Waals surface area contributed by atoms with Gasteiger partial charge in [0.25, 0.3) is 0 Å². The van der Waals surface area contributed by atoms with Gasteiger partial charge >= 0.3 is 11.9 Å². The summed E-state index contributed by atoms with van der Waals surface area (Å²) in [6.45, 7) is 0. The number of ether oxygens (including phenoxy) is 4. The number of fused-ring (bicyclic) bond motifs is 2. The summed E-state index contributed by atoms with van der Waals surface area (Å²) >= 11 is 0. The molecule has 6 heteroatoms. The molecule has 0 unspecified atom stereocenters. The minimum absolute atomic E-state index is 0.366. The molecule has 0 saturated heterocycles. The van der Waals surface area contributed by atoms with E-state index in [4.69, 9.17) is 18.9 Å². The predicted molar refractivity (Wildman–Crippen MR) is 108 cm³/mol. The van der Waals surface area contributed by atoms with Crippen LogP contribution in [0.5, 0.6) is 23.0 Å². The molecule has 0 radical (unpaired) electrons. The highest BCUT2D eigenvalue weighted by Crippen LogP contribution is 2.32. The van der Waals surface area contributed by atoms with E-state index in [9.17, 15) is 9.59 Å². The van der Waals surface area contributed by atoms with Crippen molar-refractivity contribution in [3.05, 3.63) is 82.2 Å². The van der Waals surface area contributed by atoms with Crippen LogP contribution in [0.25, 0.3) is 11.1 Å². The molecule has 6 nitrogen and oxygen atoms in total. The lowest BCUT2D eigenvalue weighted by Gasteiger charge is -2.07. The summed E-state index contributed by atoms with van der Waals surface area (Å²) in [5.74, 6) is 0.870. The highest BCUT2D eigenvalue weighted by molar-refractivity contribution is 6.22. The lowest BCUT2D eigenvalue weighted by molar-refractivity contribution is -0.128. The van der Waals surface area contributed by atoms with Gasteiger partial charge in [-0.25, -0.2) is 9.59 Å². The summed E-state index contributed by atoms with van der Waals surface area (Å²) in [5.41, 5.74) is 1.96. The van der Waals surface area contributed by atoms with Crippen LogP contribution in [0, 0.1) is 0 Å². The van der Waals surface area contributed by atoms with Crippen molar-refractivity contribution in [3.63, 3.8) is 0 Å². The Bertz CT molecular complexity index is 1250. The zero-order chi connectivity index (χ0) is 20.8. The molecule has 0 amide bonds. The SMILES string of the molecule is COc1ccccc1C1=c2cc3c(cc2OC1=O)=C(c1ccccc1OC)C(=O)O3. The summed E-state index contributed by atoms with van der Waals surface area (Å²) < 4.78 is 21.9. The van der Waals surface area contributed by atoms with Gasteiger partial charge in [-0.3, -0.25) is 0 Å². The van der Waals surface area contributed by atoms with Gasteiger partial charge in [0.15, 0.2) is 0 Å². The van der Waals surface area contributed by atoms with Gasteiger partial charge in [-0.2, -0.15) is 0 Å². The molecule has 0 bridgehead atoms. The Labute approximate surface area is 171 Å². The first-order chi connectivity index (χ1) is 14.6. The average Bonchev–Trinajstić information content (AvgIpc) is 3.25. The smallest absolute Gasteiger partial charge is 0.345 e. The Kier molecular flexibility index (Phi) is 4.06. The number of carbonyl (C=O) groups excluding carboxylic acids is 2. The normalized spacial score (nSPS) is 14.2. The summed E-state index contributed by atoms with van der Waals surface area (Å²) in [6, 6.07) is 17.7. The van der Waals surface area contributed by atoms with Crippen molar-refractivity contribution in [1.82, 2.24) is 0 Å². The molecule has 3 aromatic carbocycles. The molecule has 0 fully saturated rings. The molecular weight excluding hydrogens is 384 g/mol. The second-order valence-electron chi connectivity index (χ2n) is 6.77. The zero-order valence-corrected chi connectivity index (χ0v) is 16.2. The molecule has 0 saturated carbocycles. The Balaban J connectivity index is 1.80. The third-order valence-corrected chi connectivity index (χ3v) is 5.19. The topological polar surface area (TPSA) is 71.1 Å². The highest BCUT2D eigenvalue weighted by atomic mass is 16.5. The van der Waals surface area contributed by atoms with Crippen LogP contribution >= 0.6 is 0 Å². The molecule has 148 valence electrons. The van der Waals surface area contributed by atoms with E-state index in [0.717, 1.165) is 0 Å². The number of para-hydroxylation sites is 2. The summed E-state index contributed by atoms with van der Waals surface area (Å²) in [6.07, 6.45) is 0. The van der Waals surface area contributed by atoms with E-state index < -0.39 is 11.9 Å². The van der Waals surface area contributed by atoms with Crippen molar-refractivity contribution in [2.24, 2.45) is 0 Å². The molecule has 3 aromatic rings. The second kappa shape index (κ2) is 6.77. The minimum atomic E-state index is -0.483. The number of esters is 2. The molecule has 2 heterocycles. The molecule has 30 heavy (non-hydrogen) atoms. The Morgan fingerprint density at radius 2 is 1.03 bits per heavy atom. The van der Waals surface area contributed by atoms with Crippen LogP contribution in [-0.4, -0.2) is 26.2 Å². The van der Waals surface area contributed by atoms with Crippen molar-refractivity contribution in [2.45, 2.75) is 0 Å². The third kappa shape index (κ3) is 2.58. The predicted octanol–water partition coefficient (Wildman–Crippen LogP) is 1.94. The van der Waals surface area contributed by atoms with E-state index >= 15 is 0 Å². The quantitative estimate of drug-likeness (QED) is 0.493.